The normalized spacial score (nSPS) is 13.2. The van der Waals surface area contributed by atoms with E-state index in [4.69, 9.17) is 26.2 Å². The summed E-state index contributed by atoms with van der Waals surface area (Å²) in [5, 5.41) is 10.1. The maximum absolute atomic E-state index is 13.3. The first kappa shape index (κ1) is 17.7. The summed E-state index contributed by atoms with van der Waals surface area (Å²) < 4.78 is 38.4. The van der Waals surface area contributed by atoms with Gasteiger partial charge in [0.2, 0.25) is 6.79 Å². The van der Waals surface area contributed by atoms with Gasteiger partial charge in [0, 0.05) is 22.2 Å². The van der Waals surface area contributed by atoms with Gasteiger partial charge in [-0.2, -0.15) is 0 Å². The number of rotatable bonds is 5. The minimum absolute atomic E-state index is 0.0239. The van der Waals surface area contributed by atoms with Crippen LogP contribution in [0.5, 0.6) is 11.5 Å². The number of benzene rings is 2. The largest absolute Gasteiger partial charge is 0.481 e. The van der Waals surface area contributed by atoms with Gasteiger partial charge in [0.25, 0.3) is 10.0 Å². The van der Waals surface area contributed by atoms with Gasteiger partial charge in [-0.25, -0.2) is 12.4 Å². The number of carboxylic acid groups (broad SMARTS) is 1. The van der Waals surface area contributed by atoms with Crippen LogP contribution in [-0.4, -0.2) is 30.3 Å². The minimum Gasteiger partial charge on any atom is -0.481 e. The van der Waals surface area contributed by atoms with Crippen molar-refractivity contribution in [2.75, 3.05) is 6.79 Å². The molecule has 4 rings (SSSR count). The fourth-order valence-corrected chi connectivity index (χ4v) is 4.82. The van der Waals surface area contributed by atoms with Crippen LogP contribution in [0.25, 0.3) is 10.9 Å². The molecule has 1 aliphatic heterocycles. The lowest BCUT2D eigenvalue weighted by molar-refractivity contribution is -0.136. The molecule has 0 saturated heterocycles. The van der Waals surface area contributed by atoms with Crippen molar-refractivity contribution in [3.05, 3.63) is 53.2 Å². The molecule has 0 spiro atoms. The Hall–Kier alpha value is -2.71. The van der Waals surface area contributed by atoms with E-state index in [1.165, 1.54) is 22.2 Å². The maximum atomic E-state index is 13.3. The summed E-state index contributed by atoms with van der Waals surface area (Å²) in [4.78, 5) is 11.0. The van der Waals surface area contributed by atoms with Gasteiger partial charge < -0.3 is 14.6 Å². The fourth-order valence-electron chi connectivity index (χ4n) is 3.05. The van der Waals surface area contributed by atoms with E-state index < -0.39 is 16.0 Å². The Morgan fingerprint density at radius 1 is 1.11 bits per heavy atom. The zero-order valence-electron chi connectivity index (χ0n) is 13.9. The average molecular weight is 408 g/mol. The first-order valence-corrected chi connectivity index (χ1v) is 9.85. The molecule has 2 aromatic carbocycles. The van der Waals surface area contributed by atoms with Gasteiger partial charge in [0.1, 0.15) is 0 Å². The Morgan fingerprint density at radius 3 is 2.67 bits per heavy atom. The van der Waals surface area contributed by atoms with Gasteiger partial charge in [0.05, 0.1) is 16.8 Å². The number of halogens is 1. The van der Waals surface area contributed by atoms with E-state index in [2.05, 4.69) is 0 Å². The summed E-state index contributed by atoms with van der Waals surface area (Å²) in [6.07, 6.45) is -0.133. The highest BCUT2D eigenvalue weighted by molar-refractivity contribution is 7.90. The monoisotopic (exact) mass is 407 g/mol. The number of carbonyl (C=O) groups is 1. The van der Waals surface area contributed by atoms with Crippen molar-refractivity contribution in [1.82, 2.24) is 3.97 Å². The van der Waals surface area contributed by atoms with Crippen molar-refractivity contribution < 1.29 is 27.8 Å². The molecule has 27 heavy (non-hydrogen) atoms. The zero-order valence-corrected chi connectivity index (χ0v) is 15.5. The lowest BCUT2D eigenvalue weighted by atomic mass is 10.2. The Morgan fingerprint density at radius 2 is 1.89 bits per heavy atom. The molecule has 1 aliphatic rings. The van der Waals surface area contributed by atoms with Crippen molar-refractivity contribution in [3.8, 4) is 11.5 Å². The molecule has 0 amide bonds. The molecule has 0 saturated carbocycles. The van der Waals surface area contributed by atoms with Gasteiger partial charge in [-0.05, 0) is 42.8 Å². The lowest BCUT2D eigenvalue weighted by Gasteiger charge is -2.12. The molecule has 0 radical (unpaired) electrons. The molecule has 1 aromatic heterocycles. The average Bonchev–Trinajstić information content (AvgIpc) is 3.22. The van der Waals surface area contributed by atoms with Crippen LogP contribution in [0.3, 0.4) is 0 Å². The first-order chi connectivity index (χ1) is 12.9. The standard InChI is InChI=1S/C18H14ClNO6S/c19-12-1-4-15-11(7-12)8-13(2-6-18(21)22)20(15)27(23,24)14-3-5-16-17(9-14)26-10-25-16/h1,3-5,7-9H,2,6,10H2,(H,21,22). The van der Waals surface area contributed by atoms with E-state index in [9.17, 15) is 13.2 Å². The SMILES string of the molecule is O=C(O)CCc1cc2cc(Cl)ccc2n1S(=O)(=O)c1ccc2c(c1)OCO2. The number of aliphatic carboxylic acids is 1. The highest BCUT2D eigenvalue weighted by atomic mass is 35.5. The second kappa shape index (κ2) is 6.47. The molecule has 0 unspecified atom stereocenters. The Bertz CT molecular complexity index is 1170. The van der Waals surface area contributed by atoms with Crippen LogP contribution in [-0.2, 0) is 21.2 Å². The fraction of sp³-hybridized carbons (Fsp3) is 0.167. The van der Waals surface area contributed by atoms with Crippen LogP contribution in [0.1, 0.15) is 12.1 Å². The van der Waals surface area contributed by atoms with Gasteiger partial charge >= 0.3 is 5.97 Å². The topological polar surface area (TPSA) is 94.8 Å². The molecule has 0 bridgehead atoms. The third-order valence-electron chi connectivity index (χ3n) is 4.27. The highest BCUT2D eigenvalue weighted by Gasteiger charge is 2.26. The minimum atomic E-state index is -3.99. The Balaban J connectivity index is 1.90. The van der Waals surface area contributed by atoms with Gasteiger partial charge in [-0.15, -0.1) is 0 Å². The molecule has 9 heteroatoms. The second-order valence-electron chi connectivity index (χ2n) is 6.02. The van der Waals surface area contributed by atoms with Crippen molar-refractivity contribution in [2.45, 2.75) is 17.7 Å². The number of hydrogen-bond acceptors (Lipinski definition) is 5. The Labute approximate surface area is 159 Å². The molecule has 3 aromatic rings. The summed E-state index contributed by atoms with van der Waals surface area (Å²) in [7, 11) is -3.99. The van der Waals surface area contributed by atoms with Crippen LogP contribution in [0, 0.1) is 0 Å². The predicted molar refractivity (Wildman–Crippen MR) is 98.1 cm³/mol. The van der Waals surface area contributed by atoms with Crippen molar-refractivity contribution in [2.24, 2.45) is 0 Å². The van der Waals surface area contributed by atoms with Gasteiger partial charge in [0.15, 0.2) is 11.5 Å². The van der Waals surface area contributed by atoms with Crippen molar-refractivity contribution >= 4 is 38.5 Å². The molecule has 1 N–H and O–H groups in total. The van der Waals surface area contributed by atoms with E-state index in [1.807, 2.05) is 0 Å². The quantitative estimate of drug-likeness (QED) is 0.697. The number of hydrogen-bond donors (Lipinski definition) is 1. The van der Waals surface area contributed by atoms with Crippen LogP contribution in [0.4, 0.5) is 0 Å². The summed E-state index contributed by atoms with van der Waals surface area (Å²) in [6.45, 7) is 0.0354. The third kappa shape index (κ3) is 3.11. The molecule has 7 nitrogen and oxygen atoms in total. The molecule has 140 valence electrons. The summed E-state index contributed by atoms with van der Waals surface area (Å²) in [5.74, 6) is -0.183. The zero-order chi connectivity index (χ0) is 19.2. The third-order valence-corrected chi connectivity index (χ3v) is 6.27. The molecule has 0 aliphatic carbocycles. The predicted octanol–water partition coefficient (Wildman–Crippen LogP) is 3.28. The first-order valence-electron chi connectivity index (χ1n) is 8.03. The number of carboxylic acids is 1. The lowest BCUT2D eigenvalue weighted by Crippen LogP contribution is -2.16. The summed E-state index contributed by atoms with van der Waals surface area (Å²) in [6, 6.07) is 10.9. The van der Waals surface area contributed by atoms with Crippen LogP contribution in [0.2, 0.25) is 5.02 Å². The number of fused-ring (bicyclic) bond motifs is 2. The van der Waals surface area contributed by atoms with E-state index >= 15 is 0 Å². The number of nitrogens with zero attached hydrogens (tertiary/aromatic N) is 1. The maximum Gasteiger partial charge on any atom is 0.303 e. The number of aryl methyl sites for hydroxylation is 1. The molecular formula is C18H14ClNO6S. The van der Waals surface area contributed by atoms with E-state index in [1.54, 1.807) is 24.3 Å². The van der Waals surface area contributed by atoms with Gasteiger partial charge in [-0.1, -0.05) is 11.6 Å². The van der Waals surface area contributed by atoms with Crippen molar-refractivity contribution in [1.29, 1.82) is 0 Å². The molecule has 2 heterocycles. The van der Waals surface area contributed by atoms with Crippen molar-refractivity contribution in [3.63, 3.8) is 0 Å². The number of ether oxygens (including phenoxy) is 2. The smallest absolute Gasteiger partial charge is 0.303 e. The summed E-state index contributed by atoms with van der Waals surface area (Å²) >= 11 is 6.02. The molecule has 0 atom stereocenters. The van der Waals surface area contributed by atoms with E-state index in [-0.39, 0.29) is 24.5 Å². The Kier molecular flexibility index (Phi) is 4.24. The van der Waals surface area contributed by atoms with Crippen LogP contribution < -0.4 is 9.47 Å². The van der Waals surface area contributed by atoms with Crippen LogP contribution in [0.15, 0.2) is 47.4 Å². The highest BCUT2D eigenvalue weighted by Crippen LogP contribution is 2.36. The number of aromatic nitrogens is 1. The van der Waals surface area contributed by atoms with Gasteiger partial charge in [-0.3, -0.25) is 4.79 Å². The summed E-state index contributed by atoms with van der Waals surface area (Å²) in [5.41, 5.74) is 0.796. The van der Waals surface area contributed by atoms with E-state index in [0.29, 0.717) is 33.1 Å². The molecule has 0 fully saturated rings. The van der Waals surface area contributed by atoms with E-state index in [0.717, 1.165) is 0 Å². The van der Waals surface area contributed by atoms with Crippen LogP contribution >= 0.6 is 11.6 Å². The molecular weight excluding hydrogens is 394 g/mol. The second-order valence-corrected chi connectivity index (χ2v) is 8.24.